The third-order valence-corrected chi connectivity index (χ3v) is 7.82. The largest absolute Gasteiger partial charge is 0.150 e. The van der Waals surface area contributed by atoms with E-state index < -0.39 is 0 Å². The molecule has 1 aliphatic carbocycles. The third kappa shape index (κ3) is 2.89. The molecule has 1 heteroatoms. The molecule has 0 aromatic heterocycles. The summed E-state index contributed by atoms with van der Waals surface area (Å²) in [6.07, 6.45) is 3.76. The molecule has 1 aliphatic heterocycles. The van der Waals surface area contributed by atoms with Crippen molar-refractivity contribution >= 4 is 11.8 Å². The highest BCUT2D eigenvalue weighted by molar-refractivity contribution is 8.00. The number of benzene rings is 3. The van der Waals surface area contributed by atoms with E-state index in [4.69, 9.17) is 0 Å². The fourth-order valence-electron chi connectivity index (χ4n) is 4.96. The molecule has 1 saturated heterocycles. The van der Waals surface area contributed by atoms with E-state index in [-0.39, 0.29) is 0 Å². The van der Waals surface area contributed by atoms with Crippen molar-refractivity contribution in [2.24, 2.45) is 0 Å². The summed E-state index contributed by atoms with van der Waals surface area (Å²) in [6.45, 7) is 0. The maximum atomic E-state index is 2.39. The molecule has 130 valence electrons. The van der Waals surface area contributed by atoms with Gasteiger partial charge in [0.25, 0.3) is 0 Å². The van der Waals surface area contributed by atoms with Gasteiger partial charge in [0.15, 0.2) is 0 Å². The van der Waals surface area contributed by atoms with Crippen LogP contribution in [0, 0.1) is 0 Å². The van der Waals surface area contributed by atoms with Crippen molar-refractivity contribution < 1.29 is 0 Å². The molecule has 26 heavy (non-hydrogen) atoms. The fraction of sp³-hybridized carbons (Fsp3) is 0.280. The van der Waals surface area contributed by atoms with Crippen molar-refractivity contribution in [1.29, 1.82) is 0 Å². The minimum Gasteiger partial charge on any atom is -0.150 e. The molecule has 3 aromatic rings. The Balaban J connectivity index is 1.58. The predicted octanol–water partition coefficient (Wildman–Crippen LogP) is 6.75. The number of aryl methyl sites for hydroxylation is 1. The van der Waals surface area contributed by atoms with Gasteiger partial charge in [-0.15, -0.1) is 11.8 Å². The molecule has 0 bridgehead atoms. The molecule has 0 nitrogen and oxygen atoms in total. The zero-order valence-electron chi connectivity index (χ0n) is 14.9. The zero-order valence-corrected chi connectivity index (χ0v) is 15.7. The molecule has 0 saturated carbocycles. The van der Waals surface area contributed by atoms with E-state index in [1.807, 2.05) is 0 Å². The lowest BCUT2D eigenvalue weighted by molar-refractivity contribution is 0.431. The second kappa shape index (κ2) is 6.96. The molecule has 2 aliphatic rings. The molecule has 1 fully saturated rings. The summed E-state index contributed by atoms with van der Waals surface area (Å²) in [5.41, 5.74) is 6.20. The van der Waals surface area contributed by atoms with Gasteiger partial charge < -0.3 is 0 Å². The van der Waals surface area contributed by atoms with Crippen LogP contribution in [-0.4, -0.2) is 5.25 Å². The third-order valence-electron chi connectivity index (χ3n) is 6.15. The first-order valence-electron chi connectivity index (χ1n) is 9.73. The van der Waals surface area contributed by atoms with E-state index in [0.717, 1.165) is 0 Å². The summed E-state index contributed by atoms with van der Waals surface area (Å²) in [5.74, 6) is 1.25. The standard InChI is InChI=1S/C25H24S/c1-3-9-18(10-4-1)22-17-24(20-12-5-2-6-13-20)26-23-16-15-19-11-7-8-14-21(19)25(22)23/h1-14,22-25H,15-17H2. The molecule has 0 amide bonds. The van der Waals surface area contributed by atoms with Crippen LogP contribution in [-0.2, 0) is 6.42 Å². The summed E-state index contributed by atoms with van der Waals surface area (Å²) in [7, 11) is 0. The Morgan fingerprint density at radius 2 is 1.35 bits per heavy atom. The smallest absolute Gasteiger partial charge is 0.0306 e. The van der Waals surface area contributed by atoms with Gasteiger partial charge in [0.05, 0.1) is 0 Å². The van der Waals surface area contributed by atoms with Gasteiger partial charge in [-0.25, -0.2) is 0 Å². The normalized spacial score (nSPS) is 27.4. The average Bonchev–Trinajstić information content (AvgIpc) is 2.74. The van der Waals surface area contributed by atoms with Crippen molar-refractivity contribution in [3.63, 3.8) is 0 Å². The first-order valence-corrected chi connectivity index (χ1v) is 10.7. The average molecular weight is 357 g/mol. The Labute approximate surface area is 160 Å². The molecule has 1 heterocycles. The lowest BCUT2D eigenvalue weighted by Crippen LogP contribution is -2.33. The molecule has 4 unspecified atom stereocenters. The number of hydrogen-bond acceptors (Lipinski definition) is 1. The topological polar surface area (TPSA) is 0 Å². The van der Waals surface area contributed by atoms with E-state index in [1.165, 1.54) is 30.4 Å². The molecular formula is C25H24S. The number of thioether (sulfide) groups is 1. The van der Waals surface area contributed by atoms with Gasteiger partial charge in [-0.2, -0.15) is 0 Å². The Hall–Kier alpha value is -1.99. The number of rotatable bonds is 2. The monoisotopic (exact) mass is 356 g/mol. The lowest BCUT2D eigenvalue weighted by Gasteiger charge is -2.45. The van der Waals surface area contributed by atoms with Crippen molar-refractivity contribution in [3.05, 3.63) is 107 Å². The Bertz CT molecular complexity index is 871. The first-order chi connectivity index (χ1) is 12.9. The summed E-state index contributed by atoms with van der Waals surface area (Å²) in [5, 5.41) is 1.32. The van der Waals surface area contributed by atoms with E-state index >= 15 is 0 Å². The summed E-state index contributed by atoms with van der Waals surface area (Å²) in [6, 6.07) is 31.6. The van der Waals surface area contributed by atoms with Gasteiger partial charge >= 0.3 is 0 Å². The summed E-state index contributed by atoms with van der Waals surface area (Å²) < 4.78 is 0. The van der Waals surface area contributed by atoms with Gasteiger partial charge in [0, 0.05) is 16.4 Å². The van der Waals surface area contributed by atoms with Crippen LogP contribution in [0.25, 0.3) is 0 Å². The highest BCUT2D eigenvalue weighted by Crippen LogP contribution is 2.58. The predicted molar refractivity (Wildman–Crippen MR) is 112 cm³/mol. The summed E-state index contributed by atoms with van der Waals surface area (Å²) >= 11 is 2.23. The molecule has 0 N–H and O–H groups in total. The van der Waals surface area contributed by atoms with E-state index in [2.05, 4.69) is 96.7 Å². The van der Waals surface area contributed by atoms with Gasteiger partial charge in [-0.05, 0) is 47.4 Å². The van der Waals surface area contributed by atoms with Crippen molar-refractivity contribution in [2.45, 2.75) is 41.6 Å². The summed E-state index contributed by atoms with van der Waals surface area (Å²) in [4.78, 5) is 0. The van der Waals surface area contributed by atoms with Crippen LogP contribution in [0.1, 0.15) is 52.2 Å². The number of fused-ring (bicyclic) bond motifs is 3. The van der Waals surface area contributed by atoms with Crippen LogP contribution in [0.3, 0.4) is 0 Å². The van der Waals surface area contributed by atoms with Crippen LogP contribution in [0.15, 0.2) is 84.9 Å². The number of hydrogen-bond donors (Lipinski definition) is 0. The van der Waals surface area contributed by atoms with Crippen molar-refractivity contribution in [2.75, 3.05) is 0 Å². The molecule has 0 spiro atoms. The van der Waals surface area contributed by atoms with Crippen molar-refractivity contribution in [1.82, 2.24) is 0 Å². The van der Waals surface area contributed by atoms with Crippen LogP contribution in [0.2, 0.25) is 0 Å². The quantitative estimate of drug-likeness (QED) is 0.489. The van der Waals surface area contributed by atoms with E-state index in [1.54, 1.807) is 11.1 Å². The second-order valence-electron chi connectivity index (χ2n) is 7.59. The maximum absolute atomic E-state index is 2.39. The Morgan fingerprint density at radius 1 is 0.692 bits per heavy atom. The minimum atomic E-state index is 0.605. The van der Waals surface area contributed by atoms with Crippen molar-refractivity contribution in [3.8, 4) is 0 Å². The highest BCUT2D eigenvalue weighted by atomic mass is 32.2. The van der Waals surface area contributed by atoms with Gasteiger partial charge in [-0.3, -0.25) is 0 Å². The molecular weight excluding hydrogens is 332 g/mol. The molecule has 0 radical (unpaired) electrons. The molecule has 5 rings (SSSR count). The van der Waals surface area contributed by atoms with E-state index in [0.29, 0.717) is 22.3 Å². The van der Waals surface area contributed by atoms with Gasteiger partial charge in [0.1, 0.15) is 0 Å². The lowest BCUT2D eigenvalue weighted by atomic mass is 9.70. The fourth-order valence-corrected chi connectivity index (χ4v) is 6.78. The van der Waals surface area contributed by atoms with Crippen LogP contribution >= 0.6 is 11.8 Å². The maximum Gasteiger partial charge on any atom is 0.0306 e. The Morgan fingerprint density at radius 3 is 2.12 bits per heavy atom. The Kier molecular flexibility index (Phi) is 4.34. The van der Waals surface area contributed by atoms with Gasteiger partial charge in [0.2, 0.25) is 0 Å². The van der Waals surface area contributed by atoms with Crippen LogP contribution in [0.5, 0.6) is 0 Å². The molecule has 3 aromatic carbocycles. The minimum absolute atomic E-state index is 0.605. The van der Waals surface area contributed by atoms with Crippen LogP contribution < -0.4 is 0 Å². The first kappa shape index (κ1) is 16.2. The van der Waals surface area contributed by atoms with E-state index in [9.17, 15) is 0 Å². The van der Waals surface area contributed by atoms with Gasteiger partial charge in [-0.1, -0.05) is 84.9 Å². The zero-order chi connectivity index (χ0) is 17.3. The second-order valence-corrected chi connectivity index (χ2v) is 9.04. The van der Waals surface area contributed by atoms with Crippen LogP contribution in [0.4, 0.5) is 0 Å². The SMILES string of the molecule is c1ccc(C2CC(c3ccccc3)C3c4ccccc4CCC3S2)cc1. The highest BCUT2D eigenvalue weighted by Gasteiger charge is 2.42. The molecule has 4 atom stereocenters.